The van der Waals surface area contributed by atoms with Gasteiger partial charge in [-0.05, 0) is 71.3 Å². The second kappa shape index (κ2) is 5.71. The highest BCUT2D eigenvalue weighted by Gasteiger charge is 2.24. The van der Waals surface area contributed by atoms with Crippen molar-refractivity contribution in [3.63, 3.8) is 0 Å². The molecule has 1 atom stereocenters. The molecule has 1 saturated heterocycles. The highest BCUT2D eigenvalue weighted by molar-refractivity contribution is 9.10. The van der Waals surface area contributed by atoms with Crippen molar-refractivity contribution >= 4 is 15.9 Å². The molecule has 1 aromatic rings. The first-order valence-electron chi connectivity index (χ1n) is 6.99. The van der Waals surface area contributed by atoms with Crippen LogP contribution in [0.25, 0.3) is 0 Å². The third-order valence-corrected chi connectivity index (χ3v) is 4.53. The molecule has 0 aromatic heterocycles. The topological polar surface area (TPSA) is 30.5 Å². The fourth-order valence-corrected chi connectivity index (χ4v) is 3.18. The summed E-state index contributed by atoms with van der Waals surface area (Å²) in [5, 5.41) is 3.41. The van der Waals surface area contributed by atoms with E-state index in [1.54, 1.807) is 7.11 Å². The van der Waals surface area contributed by atoms with Crippen LogP contribution in [-0.4, -0.2) is 26.8 Å². The molecule has 1 saturated carbocycles. The molecule has 1 aliphatic heterocycles. The lowest BCUT2D eigenvalue weighted by molar-refractivity contribution is 0.279. The van der Waals surface area contributed by atoms with Gasteiger partial charge in [-0.2, -0.15) is 0 Å². The van der Waals surface area contributed by atoms with Crippen molar-refractivity contribution in [3.8, 4) is 11.5 Å². The Morgan fingerprint density at radius 2 is 2.16 bits per heavy atom. The fourth-order valence-electron chi connectivity index (χ4n) is 2.56. The molecule has 1 unspecified atom stereocenters. The summed E-state index contributed by atoms with van der Waals surface area (Å²) in [6.07, 6.45) is 3.80. The van der Waals surface area contributed by atoms with Crippen molar-refractivity contribution in [1.29, 1.82) is 0 Å². The predicted molar refractivity (Wildman–Crippen MR) is 79.1 cm³/mol. The highest BCUT2D eigenvalue weighted by Crippen LogP contribution is 2.40. The van der Waals surface area contributed by atoms with Crippen LogP contribution in [0, 0.1) is 5.92 Å². The molecule has 19 heavy (non-hydrogen) atoms. The smallest absolute Gasteiger partial charge is 0.174 e. The minimum atomic E-state index is 0.588. The molecule has 3 nitrogen and oxygen atoms in total. The number of rotatable bonds is 5. The molecule has 4 heteroatoms. The minimum Gasteiger partial charge on any atom is -0.492 e. The Balaban J connectivity index is 1.84. The van der Waals surface area contributed by atoms with Crippen molar-refractivity contribution in [1.82, 2.24) is 5.32 Å². The molecule has 2 fully saturated rings. The van der Waals surface area contributed by atoms with Crippen LogP contribution >= 0.6 is 15.9 Å². The zero-order valence-corrected chi connectivity index (χ0v) is 12.8. The average molecular weight is 326 g/mol. The number of methoxy groups -OCH3 is 1. The molecule has 0 radical (unpaired) electrons. The number of halogens is 1. The Kier molecular flexibility index (Phi) is 3.99. The van der Waals surface area contributed by atoms with E-state index in [-0.39, 0.29) is 0 Å². The summed E-state index contributed by atoms with van der Waals surface area (Å²) in [7, 11) is 1.70. The lowest BCUT2D eigenvalue weighted by atomic mass is 9.98. The Labute approximate surface area is 122 Å². The molecule has 0 spiro atoms. The minimum absolute atomic E-state index is 0.588. The van der Waals surface area contributed by atoms with Crippen molar-refractivity contribution in [2.75, 3.05) is 26.8 Å². The summed E-state index contributed by atoms with van der Waals surface area (Å²) < 4.78 is 12.4. The molecule has 1 aliphatic carbocycles. The summed E-state index contributed by atoms with van der Waals surface area (Å²) in [5.74, 6) is 3.03. The fraction of sp³-hybridized carbons (Fsp3) is 0.600. The van der Waals surface area contributed by atoms with Gasteiger partial charge in [-0.3, -0.25) is 0 Å². The molecular weight excluding hydrogens is 306 g/mol. The molecule has 3 rings (SSSR count). The molecule has 2 aliphatic rings. The Bertz CT molecular complexity index is 454. The summed E-state index contributed by atoms with van der Waals surface area (Å²) >= 11 is 3.60. The summed E-state index contributed by atoms with van der Waals surface area (Å²) in [6, 6.07) is 4.32. The molecule has 1 heterocycles. The van der Waals surface area contributed by atoms with Gasteiger partial charge in [0, 0.05) is 6.54 Å². The van der Waals surface area contributed by atoms with Gasteiger partial charge in [-0.25, -0.2) is 0 Å². The number of nitrogens with one attached hydrogen (secondary N) is 1. The Morgan fingerprint density at radius 3 is 2.79 bits per heavy atom. The lowest BCUT2D eigenvalue weighted by Crippen LogP contribution is -2.08. The average Bonchev–Trinajstić information content (AvgIpc) is 3.07. The van der Waals surface area contributed by atoms with E-state index in [1.807, 2.05) is 0 Å². The monoisotopic (exact) mass is 325 g/mol. The zero-order valence-electron chi connectivity index (χ0n) is 11.2. The quantitative estimate of drug-likeness (QED) is 0.900. The summed E-state index contributed by atoms with van der Waals surface area (Å²) in [5.41, 5.74) is 1.34. The van der Waals surface area contributed by atoms with Gasteiger partial charge >= 0.3 is 0 Å². The van der Waals surface area contributed by atoms with Crippen LogP contribution in [0.5, 0.6) is 11.5 Å². The third-order valence-electron chi connectivity index (χ3n) is 3.94. The van der Waals surface area contributed by atoms with E-state index in [2.05, 4.69) is 33.4 Å². The van der Waals surface area contributed by atoms with Gasteiger partial charge in [0.05, 0.1) is 18.2 Å². The number of ether oxygens (including phenoxy) is 2. The van der Waals surface area contributed by atoms with Gasteiger partial charge in [0.2, 0.25) is 0 Å². The number of hydrogen-bond acceptors (Lipinski definition) is 3. The second-order valence-corrected chi connectivity index (χ2v) is 6.33. The van der Waals surface area contributed by atoms with E-state index >= 15 is 0 Å². The summed E-state index contributed by atoms with van der Waals surface area (Å²) in [6.45, 7) is 2.97. The summed E-state index contributed by atoms with van der Waals surface area (Å²) in [4.78, 5) is 0. The van der Waals surface area contributed by atoms with Crippen molar-refractivity contribution in [2.45, 2.75) is 25.2 Å². The number of benzene rings is 1. The van der Waals surface area contributed by atoms with E-state index in [0.717, 1.165) is 41.6 Å². The molecule has 104 valence electrons. The third kappa shape index (κ3) is 3.06. The zero-order chi connectivity index (χ0) is 13.2. The van der Waals surface area contributed by atoms with Crippen LogP contribution < -0.4 is 14.8 Å². The van der Waals surface area contributed by atoms with Gasteiger partial charge in [-0.15, -0.1) is 0 Å². The highest BCUT2D eigenvalue weighted by atomic mass is 79.9. The van der Waals surface area contributed by atoms with Crippen LogP contribution in [0.3, 0.4) is 0 Å². The predicted octanol–water partition coefficient (Wildman–Crippen LogP) is 3.32. The van der Waals surface area contributed by atoms with Crippen LogP contribution in [-0.2, 0) is 0 Å². The maximum atomic E-state index is 5.96. The number of hydrogen-bond donors (Lipinski definition) is 1. The van der Waals surface area contributed by atoms with Gasteiger partial charge < -0.3 is 14.8 Å². The van der Waals surface area contributed by atoms with Crippen molar-refractivity contribution in [3.05, 3.63) is 22.2 Å². The van der Waals surface area contributed by atoms with Crippen LogP contribution in [0.15, 0.2) is 16.6 Å². The van der Waals surface area contributed by atoms with Gasteiger partial charge in [0.15, 0.2) is 11.5 Å². The van der Waals surface area contributed by atoms with Crippen molar-refractivity contribution in [2.24, 2.45) is 5.92 Å². The van der Waals surface area contributed by atoms with Gasteiger partial charge in [0.1, 0.15) is 0 Å². The largest absolute Gasteiger partial charge is 0.492 e. The molecule has 1 N–H and O–H groups in total. The first kappa shape index (κ1) is 13.3. The van der Waals surface area contributed by atoms with Gasteiger partial charge in [0.25, 0.3) is 0 Å². The van der Waals surface area contributed by atoms with Crippen molar-refractivity contribution < 1.29 is 9.47 Å². The second-order valence-electron chi connectivity index (χ2n) is 5.48. The lowest BCUT2D eigenvalue weighted by Gasteiger charge is -2.16. The maximum absolute atomic E-state index is 5.96. The van der Waals surface area contributed by atoms with E-state index < -0.39 is 0 Å². The first-order valence-corrected chi connectivity index (χ1v) is 7.78. The van der Waals surface area contributed by atoms with E-state index in [9.17, 15) is 0 Å². The van der Waals surface area contributed by atoms with Crippen LogP contribution in [0.2, 0.25) is 0 Å². The first-order chi connectivity index (χ1) is 9.28. The van der Waals surface area contributed by atoms with E-state index in [1.165, 1.54) is 24.8 Å². The van der Waals surface area contributed by atoms with Crippen LogP contribution in [0.4, 0.5) is 0 Å². The Hall–Kier alpha value is -0.740. The van der Waals surface area contributed by atoms with Crippen LogP contribution in [0.1, 0.15) is 30.7 Å². The SMILES string of the molecule is COc1c(Br)cc(C2CCNC2)cc1OCC1CC1. The van der Waals surface area contributed by atoms with Gasteiger partial charge in [-0.1, -0.05) is 0 Å². The normalized spacial score (nSPS) is 22.5. The standard InChI is InChI=1S/C15H20BrNO2/c1-18-15-13(16)6-12(11-4-5-17-8-11)7-14(15)19-9-10-2-3-10/h6-7,10-11,17H,2-5,8-9H2,1H3. The van der Waals surface area contributed by atoms with E-state index in [4.69, 9.17) is 9.47 Å². The molecular formula is C15H20BrNO2. The maximum Gasteiger partial charge on any atom is 0.174 e. The Morgan fingerprint density at radius 1 is 1.32 bits per heavy atom. The molecule has 1 aromatic carbocycles. The van der Waals surface area contributed by atoms with E-state index in [0.29, 0.717) is 5.92 Å². The molecule has 0 amide bonds. The molecule has 0 bridgehead atoms.